The van der Waals surface area contributed by atoms with Crippen molar-refractivity contribution in [2.45, 2.75) is 19.1 Å². The average molecular weight is 539 g/mol. The third kappa shape index (κ3) is 8.86. The molecule has 10 heteroatoms. The zero-order chi connectivity index (χ0) is 26.9. The summed E-state index contributed by atoms with van der Waals surface area (Å²) in [4.78, 5) is 12.5. The van der Waals surface area contributed by atoms with E-state index in [0.717, 1.165) is 18.8 Å². The van der Waals surface area contributed by atoms with Gasteiger partial charge in [-0.05, 0) is 79.2 Å². The van der Waals surface area contributed by atoms with E-state index in [-0.39, 0.29) is 32.6 Å². The summed E-state index contributed by atoms with van der Waals surface area (Å²) in [5.74, 6) is 2.45. The van der Waals surface area contributed by atoms with Gasteiger partial charge < -0.3 is 42.6 Å². The van der Waals surface area contributed by atoms with Crippen LogP contribution in [0.3, 0.4) is 0 Å². The molecule has 0 spiro atoms. The van der Waals surface area contributed by atoms with Gasteiger partial charge in [0.25, 0.3) is 0 Å². The van der Waals surface area contributed by atoms with Crippen LogP contribution in [-0.2, 0) is 18.9 Å². The highest BCUT2D eigenvalue weighted by molar-refractivity contribution is 5.91. The van der Waals surface area contributed by atoms with E-state index in [0.29, 0.717) is 47.5 Å². The van der Waals surface area contributed by atoms with Gasteiger partial charge in [0, 0.05) is 0 Å². The maximum atomic E-state index is 12.5. The normalized spacial score (nSPS) is 17.3. The van der Waals surface area contributed by atoms with E-state index >= 15 is 0 Å². The molecule has 10 nitrogen and oxygen atoms in total. The summed E-state index contributed by atoms with van der Waals surface area (Å²) >= 11 is 0. The number of esters is 1. The summed E-state index contributed by atoms with van der Waals surface area (Å²) in [6, 6.07) is 19.0. The van der Waals surface area contributed by atoms with Crippen molar-refractivity contribution in [2.24, 2.45) is 0 Å². The average Bonchev–Trinajstić information content (AvgIpc) is 3.88. The Kier molecular flexibility index (Phi) is 9.13. The molecule has 2 atom stereocenters. The first-order chi connectivity index (χ1) is 19.1. The molecule has 2 aliphatic rings. The van der Waals surface area contributed by atoms with Crippen molar-refractivity contribution in [2.75, 3.05) is 46.8 Å². The van der Waals surface area contributed by atoms with E-state index in [1.54, 1.807) is 66.7 Å². The van der Waals surface area contributed by atoms with Gasteiger partial charge >= 0.3 is 5.97 Å². The maximum absolute atomic E-state index is 12.5. The molecule has 0 N–H and O–H groups in total. The molecule has 2 heterocycles. The lowest BCUT2D eigenvalue weighted by atomic mass is 10.2. The third-order valence-corrected chi connectivity index (χ3v) is 5.74. The predicted molar refractivity (Wildman–Crippen MR) is 138 cm³/mol. The monoisotopic (exact) mass is 538 g/mol. The number of ether oxygens (including phenoxy) is 9. The van der Waals surface area contributed by atoms with Gasteiger partial charge in [0.2, 0.25) is 6.79 Å². The summed E-state index contributed by atoms with van der Waals surface area (Å²) in [5.41, 5.74) is 1.20. The Morgan fingerprint density at radius 1 is 0.692 bits per heavy atom. The smallest absolute Gasteiger partial charge is 0.343 e. The highest BCUT2D eigenvalue weighted by atomic mass is 16.7. The van der Waals surface area contributed by atoms with Crippen LogP contribution in [0.2, 0.25) is 0 Å². The first kappa shape index (κ1) is 26.8. The molecule has 206 valence electrons. The van der Waals surface area contributed by atoms with Gasteiger partial charge in [-0.15, -0.1) is 0 Å². The summed E-state index contributed by atoms with van der Waals surface area (Å²) in [7, 11) is 0. The number of epoxide rings is 2. The summed E-state index contributed by atoms with van der Waals surface area (Å²) in [6.45, 7) is 4.71. The van der Waals surface area contributed by atoms with Crippen LogP contribution in [0.5, 0.6) is 28.7 Å². The fourth-order valence-electron chi connectivity index (χ4n) is 3.40. The zero-order valence-corrected chi connectivity index (χ0v) is 21.5. The molecule has 5 rings (SSSR count). The lowest BCUT2D eigenvalue weighted by Gasteiger charge is -2.12. The standard InChI is InChI=1S/C29H30O10/c1-20-12-25(39-29(30)21-2-4-22(5-3-21)35-17-31-13-26-15-33-26)10-11-28(20)38-19-37-24-8-6-23(7-9-24)36-18-32-14-27-16-34-27/h2-12,26-27H,13-19H2,1H3. The second-order valence-electron chi connectivity index (χ2n) is 8.90. The fourth-order valence-corrected chi connectivity index (χ4v) is 3.40. The van der Waals surface area contributed by atoms with Crippen LogP contribution in [0.1, 0.15) is 15.9 Å². The Bertz CT molecular complexity index is 1200. The molecule has 0 aliphatic carbocycles. The van der Waals surface area contributed by atoms with E-state index in [2.05, 4.69) is 0 Å². The summed E-state index contributed by atoms with van der Waals surface area (Å²) in [5, 5.41) is 0. The molecule has 0 saturated carbocycles. The first-order valence-corrected chi connectivity index (χ1v) is 12.6. The zero-order valence-electron chi connectivity index (χ0n) is 21.5. The van der Waals surface area contributed by atoms with Crippen molar-refractivity contribution >= 4 is 5.97 Å². The van der Waals surface area contributed by atoms with E-state index in [1.807, 2.05) is 6.92 Å². The molecule has 3 aromatic carbocycles. The SMILES string of the molecule is Cc1cc(OC(=O)c2ccc(OCOCC3CO3)cc2)ccc1OCOc1ccc(OCOCC2CO2)cc1. The Morgan fingerprint density at radius 2 is 1.18 bits per heavy atom. The fraction of sp³-hybridized carbons (Fsp3) is 0.345. The Labute approximate surface area is 226 Å². The third-order valence-electron chi connectivity index (χ3n) is 5.74. The number of benzene rings is 3. The van der Waals surface area contributed by atoms with Crippen molar-refractivity contribution in [1.82, 2.24) is 0 Å². The second kappa shape index (κ2) is 13.3. The van der Waals surface area contributed by atoms with Gasteiger partial charge in [0.15, 0.2) is 13.6 Å². The summed E-state index contributed by atoms with van der Waals surface area (Å²) < 4.78 is 48.7. The summed E-state index contributed by atoms with van der Waals surface area (Å²) in [6.07, 6.45) is 0.397. The van der Waals surface area contributed by atoms with Gasteiger partial charge in [0.1, 0.15) is 41.0 Å². The first-order valence-electron chi connectivity index (χ1n) is 12.6. The number of carbonyl (C=O) groups excluding carboxylic acids is 1. The lowest BCUT2D eigenvalue weighted by Crippen LogP contribution is -2.10. The number of hydrogen-bond donors (Lipinski definition) is 0. The maximum Gasteiger partial charge on any atom is 0.343 e. The van der Waals surface area contributed by atoms with Gasteiger partial charge in [0.05, 0.1) is 32.0 Å². The van der Waals surface area contributed by atoms with Gasteiger partial charge in [-0.25, -0.2) is 4.79 Å². The van der Waals surface area contributed by atoms with Crippen molar-refractivity contribution in [1.29, 1.82) is 0 Å². The molecule has 39 heavy (non-hydrogen) atoms. The van der Waals surface area contributed by atoms with E-state index < -0.39 is 5.97 Å². The molecule has 0 aromatic heterocycles. The van der Waals surface area contributed by atoms with Crippen LogP contribution in [0.15, 0.2) is 66.7 Å². The molecule has 0 radical (unpaired) electrons. The topological polar surface area (TPSA) is 107 Å². The van der Waals surface area contributed by atoms with E-state index in [1.165, 1.54) is 0 Å². The van der Waals surface area contributed by atoms with Gasteiger partial charge in [-0.1, -0.05) is 0 Å². The second-order valence-corrected chi connectivity index (χ2v) is 8.90. The Hall–Kier alpha value is -3.83. The van der Waals surface area contributed by atoms with E-state index in [4.69, 9.17) is 42.6 Å². The minimum absolute atomic E-state index is 0.0124. The highest BCUT2D eigenvalue weighted by Crippen LogP contribution is 2.25. The minimum atomic E-state index is -0.476. The van der Waals surface area contributed by atoms with Crippen LogP contribution >= 0.6 is 0 Å². The predicted octanol–water partition coefficient (Wildman–Crippen LogP) is 4.13. The lowest BCUT2D eigenvalue weighted by molar-refractivity contribution is 0.00806. The largest absolute Gasteiger partial charge is 0.468 e. The van der Waals surface area contributed by atoms with Crippen LogP contribution in [0.4, 0.5) is 0 Å². The van der Waals surface area contributed by atoms with Gasteiger partial charge in [-0.2, -0.15) is 0 Å². The van der Waals surface area contributed by atoms with Crippen molar-refractivity contribution in [3.63, 3.8) is 0 Å². The van der Waals surface area contributed by atoms with Crippen LogP contribution in [0.25, 0.3) is 0 Å². The van der Waals surface area contributed by atoms with Gasteiger partial charge in [-0.3, -0.25) is 0 Å². The molecule has 3 aromatic rings. The minimum Gasteiger partial charge on any atom is -0.468 e. The molecule has 2 saturated heterocycles. The number of carbonyl (C=O) groups is 1. The number of aryl methyl sites for hydroxylation is 1. The molecule has 2 fully saturated rings. The van der Waals surface area contributed by atoms with Crippen molar-refractivity contribution < 1.29 is 47.4 Å². The highest BCUT2D eigenvalue weighted by Gasteiger charge is 2.22. The van der Waals surface area contributed by atoms with Crippen molar-refractivity contribution in [3.05, 3.63) is 77.9 Å². The van der Waals surface area contributed by atoms with Crippen LogP contribution in [-0.4, -0.2) is 65.0 Å². The van der Waals surface area contributed by atoms with Crippen molar-refractivity contribution in [3.8, 4) is 28.7 Å². The molecular weight excluding hydrogens is 508 g/mol. The van der Waals surface area contributed by atoms with Crippen LogP contribution in [0, 0.1) is 6.92 Å². The molecule has 0 bridgehead atoms. The Balaban J connectivity index is 1.02. The molecule has 2 unspecified atom stereocenters. The molecular formula is C29H30O10. The number of hydrogen-bond acceptors (Lipinski definition) is 10. The van der Waals surface area contributed by atoms with E-state index in [9.17, 15) is 4.79 Å². The Morgan fingerprint density at radius 3 is 1.69 bits per heavy atom. The molecule has 0 amide bonds. The quantitative estimate of drug-likeness (QED) is 0.0869. The molecule has 2 aliphatic heterocycles. The van der Waals surface area contributed by atoms with Crippen LogP contribution < -0.4 is 23.7 Å². The number of rotatable bonds is 16.